The summed E-state index contributed by atoms with van der Waals surface area (Å²) in [7, 11) is 0. The number of rotatable bonds is 6. The van der Waals surface area contributed by atoms with Crippen LogP contribution in [0.3, 0.4) is 0 Å². The van der Waals surface area contributed by atoms with Gasteiger partial charge in [-0.3, -0.25) is 0 Å². The van der Waals surface area contributed by atoms with Crippen LogP contribution < -0.4 is 4.74 Å². The Morgan fingerprint density at radius 1 is 1.41 bits per heavy atom. The first-order valence-corrected chi connectivity index (χ1v) is 5.59. The lowest BCUT2D eigenvalue weighted by molar-refractivity contribution is 0.312. The third kappa shape index (κ3) is 3.17. The summed E-state index contributed by atoms with van der Waals surface area (Å²) in [6, 6.07) is 7.79. The van der Waals surface area contributed by atoms with E-state index in [1.807, 2.05) is 30.3 Å². The molecule has 2 aromatic rings. The molecule has 4 heteroatoms. The summed E-state index contributed by atoms with van der Waals surface area (Å²) in [5.41, 5.74) is 0.948. The van der Waals surface area contributed by atoms with Crippen LogP contribution in [-0.4, -0.2) is 21.4 Å². The van der Waals surface area contributed by atoms with Gasteiger partial charge in [-0.15, -0.1) is 6.58 Å². The quantitative estimate of drug-likeness (QED) is 0.564. The normalized spacial score (nSPS) is 10.1. The molecule has 0 aliphatic carbocycles. The predicted octanol–water partition coefficient (Wildman–Crippen LogP) is 2.61. The van der Waals surface area contributed by atoms with Crippen molar-refractivity contribution in [3.8, 4) is 11.4 Å². The van der Waals surface area contributed by atoms with Gasteiger partial charge in [0.05, 0.1) is 12.3 Å². The Kier molecular flexibility index (Phi) is 3.91. The number of hydrogen-bond acceptors (Lipinski definition) is 3. The molecular formula is C13H15N3O. The summed E-state index contributed by atoms with van der Waals surface area (Å²) in [5.74, 6) is 0.849. The Labute approximate surface area is 101 Å². The van der Waals surface area contributed by atoms with Crippen LogP contribution in [0, 0.1) is 0 Å². The number of ether oxygens (including phenoxy) is 1. The van der Waals surface area contributed by atoms with Crippen molar-refractivity contribution < 1.29 is 4.74 Å². The van der Waals surface area contributed by atoms with E-state index in [1.165, 1.54) is 6.33 Å². The van der Waals surface area contributed by atoms with Gasteiger partial charge >= 0.3 is 0 Å². The number of unbranched alkanes of at least 4 members (excludes halogenated alkanes) is 1. The van der Waals surface area contributed by atoms with Gasteiger partial charge in [0.25, 0.3) is 0 Å². The van der Waals surface area contributed by atoms with Crippen molar-refractivity contribution >= 4 is 0 Å². The molecule has 0 atom stereocenters. The minimum absolute atomic E-state index is 0.701. The van der Waals surface area contributed by atoms with Crippen molar-refractivity contribution in [2.45, 2.75) is 12.8 Å². The molecule has 1 aromatic carbocycles. The lowest BCUT2D eigenvalue weighted by Crippen LogP contribution is -1.99. The van der Waals surface area contributed by atoms with Gasteiger partial charge in [-0.1, -0.05) is 12.1 Å². The summed E-state index contributed by atoms with van der Waals surface area (Å²) >= 11 is 0. The van der Waals surface area contributed by atoms with Gasteiger partial charge < -0.3 is 4.74 Å². The van der Waals surface area contributed by atoms with Crippen LogP contribution in [-0.2, 0) is 0 Å². The zero-order chi connectivity index (χ0) is 11.9. The molecule has 2 rings (SSSR count). The zero-order valence-electron chi connectivity index (χ0n) is 9.62. The fourth-order valence-corrected chi connectivity index (χ4v) is 1.48. The molecule has 17 heavy (non-hydrogen) atoms. The third-order valence-corrected chi connectivity index (χ3v) is 2.32. The molecule has 0 amide bonds. The second kappa shape index (κ2) is 5.84. The Morgan fingerprint density at radius 2 is 2.35 bits per heavy atom. The SMILES string of the molecule is C=CCCCOc1cccc(-n2cncn2)c1. The second-order valence-corrected chi connectivity index (χ2v) is 3.62. The van der Waals surface area contributed by atoms with Gasteiger partial charge in [-0.05, 0) is 25.0 Å². The summed E-state index contributed by atoms with van der Waals surface area (Å²) in [6.45, 7) is 4.38. The first-order valence-electron chi connectivity index (χ1n) is 5.59. The summed E-state index contributed by atoms with van der Waals surface area (Å²) < 4.78 is 7.34. The molecule has 0 saturated heterocycles. The molecule has 88 valence electrons. The highest BCUT2D eigenvalue weighted by molar-refractivity contribution is 5.38. The van der Waals surface area contributed by atoms with Crippen LogP contribution in [0.1, 0.15) is 12.8 Å². The molecule has 1 heterocycles. The van der Waals surface area contributed by atoms with Crippen LogP contribution >= 0.6 is 0 Å². The highest BCUT2D eigenvalue weighted by atomic mass is 16.5. The lowest BCUT2D eigenvalue weighted by atomic mass is 10.3. The monoisotopic (exact) mass is 229 g/mol. The van der Waals surface area contributed by atoms with E-state index in [0.29, 0.717) is 6.61 Å². The van der Waals surface area contributed by atoms with Crippen molar-refractivity contribution in [3.05, 3.63) is 49.6 Å². The van der Waals surface area contributed by atoms with E-state index in [-0.39, 0.29) is 0 Å². The van der Waals surface area contributed by atoms with Crippen molar-refractivity contribution in [1.82, 2.24) is 14.8 Å². The highest BCUT2D eigenvalue weighted by Crippen LogP contribution is 2.16. The van der Waals surface area contributed by atoms with E-state index in [2.05, 4.69) is 16.7 Å². The van der Waals surface area contributed by atoms with Crippen molar-refractivity contribution in [2.24, 2.45) is 0 Å². The Hall–Kier alpha value is -2.10. The summed E-state index contributed by atoms with van der Waals surface area (Å²) in [5, 5.41) is 4.07. The topological polar surface area (TPSA) is 39.9 Å². The Morgan fingerprint density at radius 3 is 3.12 bits per heavy atom. The van der Waals surface area contributed by atoms with E-state index in [4.69, 9.17) is 4.74 Å². The average Bonchev–Trinajstić information content (AvgIpc) is 2.89. The molecule has 0 bridgehead atoms. The predicted molar refractivity (Wildman–Crippen MR) is 66.3 cm³/mol. The molecule has 0 saturated carbocycles. The molecule has 0 radical (unpaired) electrons. The molecule has 0 spiro atoms. The molecule has 0 unspecified atom stereocenters. The van der Waals surface area contributed by atoms with Gasteiger partial charge in [0.1, 0.15) is 18.4 Å². The fourth-order valence-electron chi connectivity index (χ4n) is 1.48. The maximum Gasteiger partial charge on any atom is 0.138 e. The van der Waals surface area contributed by atoms with E-state index in [9.17, 15) is 0 Å². The smallest absolute Gasteiger partial charge is 0.138 e. The molecule has 0 N–H and O–H groups in total. The van der Waals surface area contributed by atoms with Gasteiger partial charge in [0, 0.05) is 6.07 Å². The number of aromatic nitrogens is 3. The third-order valence-electron chi connectivity index (χ3n) is 2.32. The van der Waals surface area contributed by atoms with Crippen molar-refractivity contribution in [3.63, 3.8) is 0 Å². The minimum atomic E-state index is 0.701. The first-order chi connectivity index (χ1) is 8.40. The van der Waals surface area contributed by atoms with Crippen LogP contribution in [0.25, 0.3) is 5.69 Å². The summed E-state index contributed by atoms with van der Waals surface area (Å²) in [6.07, 6.45) is 7.03. The number of nitrogens with zero attached hydrogens (tertiary/aromatic N) is 3. The minimum Gasteiger partial charge on any atom is -0.494 e. The molecule has 4 nitrogen and oxygen atoms in total. The summed E-state index contributed by atoms with van der Waals surface area (Å²) in [4.78, 5) is 3.91. The fraction of sp³-hybridized carbons (Fsp3) is 0.231. The van der Waals surface area contributed by atoms with E-state index in [0.717, 1.165) is 24.3 Å². The standard InChI is InChI=1S/C13H15N3O/c1-2-3-4-8-17-13-7-5-6-12(9-13)16-11-14-10-15-16/h2,5-7,9-11H,1,3-4,8H2. The van der Waals surface area contributed by atoms with E-state index < -0.39 is 0 Å². The number of allylic oxidation sites excluding steroid dienone is 1. The first kappa shape index (κ1) is 11.4. The van der Waals surface area contributed by atoms with Gasteiger partial charge in [0.2, 0.25) is 0 Å². The number of hydrogen-bond donors (Lipinski definition) is 0. The Bertz CT molecular complexity index is 465. The largest absolute Gasteiger partial charge is 0.494 e. The molecule has 1 aromatic heterocycles. The van der Waals surface area contributed by atoms with Gasteiger partial charge in [-0.25, -0.2) is 9.67 Å². The molecule has 0 aliphatic heterocycles. The van der Waals surface area contributed by atoms with Gasteiger partial charge in [-0.2, -0.15) is 5.10 Å². The average molecular weight is 229 g/mol. The van der Waals surface area contributed by atoms with Crippen LogP contribution in [0.15, 0.2) is 49.6 Å². The van der Waals surface area contributed by atoms with E-state index >= 15 is 0 Å². The van der Waals surface area contributed by atoms with Crippen LogP contribution in [0.5, 0.6) is 5.75 Å². The second-order valence-electron chi connectivity index (χ2n) is 3.62. The number of benzene rings is 1. The highest BCUT2D eigenvalue weighted by Gasteiger charge is 1.99. The maximum atomic E-state index is 5.64. The molecule has 0 fully saturated rings. The maximum absolute atomic E-state index is 5.64. The van der Waals surface area contributed by atoms with Crippen LogP contribution in [0.4, 0.5) is 0 Å². The van der Waals surface area contributed by atoms with E-state index in [1.54, 1.807) is 11.0 Å². The van der Waals surface area contributed by atoms with Crippen molar-refractivity contribution in [1.29, 1.82) is 0 Å². The Balaban J connectivity index is 1.99. The zero-order valence-corrected chi connectivity index (χ0v) is 9.62. The van der Waals surface area contributed by atoms with Crippen molar-refractivity contribution in [2.75, 3.05) is 6.61 Å². The molecule has 0 aliphatic rings. The van der Waals surface area contributed by atoms with Gasteiger partial charge in [0.15, 0.2) is 0 Å². The lowest BCUT2D eigenvalue weighted by Gasteiger charge is -2.07. The molecular weight excluding hydrogens is 214 g/mol. The van der Waals surface area contributed by atoms with Crippen LogP contribution in [0.2, 0.25) is 0 Å².